The first-order valence-corrected chi connectivity index (χ1v) is 10.1. The maximum Gasteiger partial charge on any atom is 0.115 e. The van der Waals surface area contributed by atoms with Crippen molar-refractivity contribution in [2.45, 2.75) is 0 Å². The molecule has 0 radical (unpaired) electrons. The molecule has 0 saturated heterocycles. The lowest BCUT2D eigenvalue weighted by molar-refractivity contribution is 1.12. The summed E-state index contributed by atoms with van der Waals surface area (Å²) in [5.74, 6) is 0. The molecule has 0 saturated carbocycles. The molecule has 0 aliphatic rings. The minimum absolute atomic E-state index is 0.956. The Balaban J connectivity index is 1.92. The van der Waals surface area contributed by atoms with Crippen LogP contribution in [0.1, 0.15) is 0 Å². The van der Waals surface area contributed by atoms with E-state index in [1.54, 1.807) is 0 Å². The molecule has 0 fully saturated rings. The molecule has 30 heavy (non-hydrogen) atoms. The summed E-state index contributed by atoms with van der Waals surface area (Å²) in [7, 11) is 16.5. The van der Waals surface area contributed by atoms with Crippen LogP contribution in [0, 0.1) is 0 Å². The van der Waals surface area contributed by atoms with Crippen LogP contribution in [0.4, 0.5) is 34.1 Å². The van der Waals surface area contributed by atoms with Crippen LogP contribution < -0.4 is 30.3 Å². The first-order chi connectivity index (χ1) is 14.2. The van der Waals surface area contributed by atoms with Crippen LogP contribution >= 0.6 is 0 Å². The second-order valence-electron chi connectivity index (χ2n) is 8.55. The van der Waals surface area contributed by atoms with Crippen molar-refractivity contribution in [1.29, 1.82) is 0 Å². The molecule has 4 aromatic carbocycles. The van der Waals surface area contributed by atoms with Gasteiger partial charge in [-0.3, -0.25) is 0 Å². The molecule has 0 heterocycles. The zero-order valence-corrected chi connectivity index (χ0v) is 19.1. The standard InChI is InChI=1S/C24H30N6/c1-27(2)21-19(22(21)28(3)4)25-16-13-9-11-15-12-10-14-17(18(15)16)26-20-23(29(5)6)24(20)30(7)8/h9-14H,1-8H3. The summed E-state index contributed by atoms with van der Waals surface area (Å²) in [5, 5.41) is 4.33. The van der Waals surface area contributed by atoms with Crippen LogP contribution in [-0.4, -0.2) is 56.4 Å². The third-order valence-electron chi connectivity index (χ3n) is 5.33. The number of rotatable bonds is 6. The molecule has 156 valence electrons. The topological polar surface area (TPSA) is 37.7 Å². The van der Waals surface area contributed by atoms with E-state index in [1.807, 2.05) is 0 Å². The zero-order chi connectivity index (χ0) is 21.7. The van der Waals surface area contributed by atoms with Gasteiger partial charge in [-0.1, -0.05) is 24.3 Å². The summed E-state index contributed by atoms with van der Waals surface area (Å²) < 4.78 is 0. The average molecular weight is 403 g/mol. The Bertz CT molecular complexity index is 1110. The Hall–Kier alpha value is -3.28. The van der Waals surface area contributed by atoms with E-state index >= 15 is 0 Å². The molecule has 0 spiro atoms. The second kappa shape index (κ2) is 7.20. The Morgan fingerprint density at radius 1 is 0.500 bits per heavy atom. The van der Waals surface area contributed by atoms with Gasteiger partial charge in [0.1, 0.15) is 10.7 Å². The quantitative estimate of drug-likeness (QED) is 0.496. The number of hydrogen-bond donors (Lipinski definition) is 0. The van der Waals surface area contributed by atoms with Crippen molar-refractivity contribution in [3.63, 3.8) is 0 Å². The smallest absolute Gasteiger partial charge is 0.115 e. The Morgan fingerprint density at radius 3 is 1.13 bits per heavy atom. The number of hydrogen-bond acceptors (Lipinski definition) is 6. The van der Waals surface area contributed by atoms with Gasteiger partial charge in [0, 0.05) is 61.8 Å². The Labute approximate surface area is 178 Å². The van der Waals surface area contributed by atoms with Gasteiger partial charge in [0.15, 0.2) is 0 Å². The summed E-state index contributed by atoms with van der Waals surface area (Å²) in [6.45, 7) is 0. The first kappa shape index (κ1) is 20.0. The summed E-state index contributed by atoms with van der Waals surface area (Å²) in [5.41, 5.74) is 6.67. The van der Waals surface area contributed by atoms with Crippen LogP contribution in [0.5, 0.6) is 0 Å². The highest BCUT2D eigenvalue weighted by molar-refractivity contribution is 6.02. The fourth-order valence-electron chi connectivity index (χ4n) is 3.95. The second-order valence-corrected chi connectivity index (χ2v) is 8.55. The van der Waals surface area contributed by atoms with Crippen LogP contribution in [0.25, 0.3) is 10.8 Å². The molecule has 4 aromatic rings. The number of fused-ring (bicyclic) bond motifs is 1. The normalized spacial score (nSPS) is 11.3. The van der Waals surface area contributed by atoms with E-state index in [1.165, 1.54) is 22.7 Å². The molecule has 0 aliphatic carbocycles. The van der Waals surface area contributed by atoms with Crippen molar-refractivity contribution in [2.75, 3.05) is 76.0 Å². The Kier molecular flexibility index (Phi) is 4.80. The van der Waals surface area contributed by atoms with Crippen molar-refractivity contribution in [3.8, 4) is 0 Å². The van der Waals surface area contributed by atoms with Gasteiger partial charge >= 0.3 is 0 Å². The molecule has 0 bridgehead atoms. The van der Waals surface area contributed by atoms with Crippen molar-refractivity contribution in [3.05, 3.63) is 47.1 Å². The first-order valence-electron chi connectivity index (χ1n) is 10.1. The minimum Gasteiger partial charge on any atom is -0.374 e. The van der Waals surface area contributed by atoms with Gasteiger partial charge in [-0.2, -0.15) is 0 Å². The van der Waals surface area contributed by atoms with E-state index in [-0.39, 0.29) is 0 Å². The van der Waals surface area contributed by atoms with Crippen molar-refractivity contribution >= 4 is 44.9 Å². The molecule has 0 aliphatic heterocycles. The summed E-state index contributed by atoms with van der Waals surface area (Å²) >= 11 is 0. The summed E-state index contributed by atoms with van der Waals surface area (Å²) in [4.78, 5) is 18.6. The highest BCUT2D eigenvalue weighted by atomic mass is 15.2. The van der Waals surface area contributed by atoms with E-state index in [2.05, 4.69) is 112 Å². The molecule has 0 amide bonds. The van der Waals surface area contributed by atoms with E-state index < -0.39 is 0 Å². The molecular weight excluding hydrogens is 372 g/mol. The molecule has 0 unspecified atom stereocenters. The van der Waals surface area contributed by atoms with E-state index in [4.69, 9.17) is 9.98 Å². The molecule has 0 N–H and O–H groups in total. The number of benzene rings is 2. The third kappa shape index (κ3) is 3.32. The number of nitrogens with zero attached hydrogens (tertiary/aromatic N) is 6. The van der Waals surface area contributed by atoms with Crippen LogP contribution in [0.2, 0.25) is 0 Å². The van der Waals surface area contributed by atoms with Gasteiger partial charge in [-0.05, 0) is 17.5 Å². The number of anilines is 4. The third-order valence-corrected chi connectivity index (χ3v) is 5.33. The zero-order valence-electron chi connectivity index (χ0n) is 19.1. The Morgan fingerprint density at radius 2 is 0.833 bits per heavy atom. The van der Waals surface area contributed by atoms with Crippen molar-refractivity contribution in [1.82, 2.24) is 0 Å². The van der Waals surface area contributed by atoms with Gasteiger partial charge in [0.25, 0.3) is 0 Å². The molecule has 6 nitrogen and oxygen atoms in total. The minimum atomic E-state index is 0.956. The van der Waals surface area contributed by atoms with Gasteiger partial charge < -0.3 is 19.6 Å². The van der Waals surface area contributed by atoms with Crippen LogP contribution in [0.15, 0.2) is 46.4 Å². The predicted octanol–water partition coefficient (Wildman–Crippen LogP) is 3.32. The molecule has 4 rings (SSSR count). The predicted molar refractivity (Wildman–Crippen MR) is 129 cm³/mol. The van der Waals surface area contributed by atoms with E-state index in [0.29, 0.717) is 0 Å². The van der Waals surface area contributed by atoms with E-state index in [9.17, 15) is 0 Å². The lowest BCUT2D eigenvalue weighted by Crippen LogP contribution is -2.08. The highest BCUT2D eigenvalue weighted by Gasteiger charge is 2.25. The molecule has 6 heteroatoms. The average Bonchev–Trinajstić information content (AvgIpc) is 3.55. The maximum absolute atomic E-state index is 5.06. The molecule has 0 atom stereocenters. The lowest BCUT2D eigenvalue weighted by Gasteiger charge is -2.07. The van der Waals surface area contributed by atoms with Gasteiger partial charge in [0.05, 0.1) is 34.1 Å². The lowest BCUT2D eigenvalue weighted by atomic mass is 10.1. The summed E-state index contributed by atoms with van der Waals surface area (Å²) in [6, 6.07) is 12.6. The van der Waals surface area contributed by atoms with Crippen molar-refractivity contribution < 1.29 is 0 Å². The van der Waals surface area contributed by atoms with Gasteiger partial charge in [-0.15, -0.1) is 0 Å². The SMILES string of the molecule is CN(C)c1c(N(C)C)c1=Nc1cccc2cccc(N=c3c(N(C)C)c3N(C)C)c12. The van der Waals surface area contributed by atoms with Crippen LogP contribution in [-0.2, 0) is 0 Å². The highest BCUT2D eigenvalue weighted by Crippen LogP contribution is 2.38. The monoisotopic (exact) mass is 402 g/mol. The largest absolute Gasteiger partial charge is 0.374 e. The van der Waals surface area contributed by atoms with Crippen molar-refractivity contribution in [2.24, 2.45) is 9.98 Å². The van der Waals surface area contributed by atoms with Gasteiger partial charge in [-0.25, -0.2) is 9.98 Å². The maximum atomic E-state index is 5.06. The fourth-order valence-corrected chi connectivity index (χ4v) is 3.95. The fraction of sp³-hybridized carbons (Fsp3) is 0.333. The van der Waals surface area contributed by atoms with Crippen LogP contribution in [0.3, 0.4) is 0 Å². The molecule has 0 aromatic heterocycles. The summed E-state index contributed by atoms with van der Waals surface area (Å²) in [6.07, 6.45) is 0. The van der Waals surface area contributed by atoms with Gasteiger partial charge in [0.2, 0.25) is 0 Å². The molecular formula is C24H30N6. The van der Waals surface area contributed by atoms with E-state index in [0.717, 1.165) is 32.9 Å².